The van der Waals surface area contributed by atoms with Crippen LogP contribution in [0.1, 0.15) is 12.8 Å². The molecule has 0 radical (unpaired) electrons. The maximum atomic E-state index is 5.67. The van der Waals surface area contributed by atoms with E-state index in [4.69, 9.17) is 9.72 Å². The number of benzene rings is 2. The number of ether oxygens (including phenoxy) is 1. The van der Waals surface area contributed by atoms with Crippen molar-refractivity contribution in [2.75, 3.05) is 48.6 Å². The van der Waals surface area contributed by atoms with Crippen molar-refractivity contribution in [3.8, 4) is 5.75 Å². The number of nitrogens with zero attached hydrogens (tertiary/aromatic N) is 4. The Labute approximate surface area is 190 Å². The molecule has 0 unspecified atom stereocenters. The van der Waals surface area contributed by atoms with Gasteiger partial charge < -0.3 is 15.0 Å². The SMILES string of the molecule is C=P(C)(C)c1ccccc1N1c2cnc(Nc3ccc(N4CC[CH+]CC4)cc3OC)nc21. The minimum atomic E-state index is -1.42. The molecule has 2 aromatic carbocycles. The first kappa shape index (κ1) is 20.8. The lowest BCUT2D eigenvalue weighted by Gasteiger charge is -2.25. The Balaban J connectivity index is 1.38. The van der Waals surface area contributed by atoms with Gasteiger partial charge in [-0.2, -0.15) is 4.98 Å². The second-order valence-electron chi connectivity index (χ2n) is 8.77. The van der Waals surface area contributed by atoms with E-state index in [1.165, 1.54) is 11.0 Å². The van der Waals surface area contributed by atoms with Gasteiger partial charge in [0.15, 0.2) is 5.82 Å². The first-order chi connectivity index (χ1) is 15.5. The van der Waals surface area contributed by atoms with Crippen LogP contribution in [0, 0.1) is 6.42 Å². The van der Waals surface area contributed by atoms with E-state index in [0.29, 0.717) is 5.95 Å². The highest BCUT2D eigenvalue weighted by Crippen LogP contribution is 2.53. The maximum Gasteiger partial charge on any atom is 0.229 e. The maximum absolute atomic E-state index is 5.67. The van der Waals surface area contributed by atoms with E-state index in [1.807, 2.05) is 12.3 Å². The summed E-state index contributed by atoms with van der Waals surface area (Å²) < 4.78 is 5.67. The Morgan fingerprint density at radius 3 is 2.62 bits per heavy atom. The summed E-state index contributed by atoms with van der Waals surface area (Å²) in [6.45, 7) is 5.14. The molecule has 1 aromatic heterocycles. The summed E-state index contributed by atoms with van der Waals surface area (Å²) in [7, 11) is 1.70. The van der Waals surface area contributed by atoms with Gasteiger partial charge in [0, 0.05) is 11.8 Å². The second-order valence-corrected chi connectivity index (χ2v) is 12.6. The normalized spacial score (nSPS) is 15.1. The Kier molecular flexibility index (Phi) is 5.26. The van der Waals surface area contributed by atoms with E-state index in [0.717, 1.165) is 54.6 Å². The van der Waals surface area contributed by atoms with Crippen LogP contribution in [0.4, 0.5) is 34.5 Å². The molecule has 164 valence electrons. The first-order valence-electron chi connectivity index (χ1n) is 10.9. The van der Waals surface area contributed by atoms with Crippen molar-refractivity contribution in [3.63, 3.8) is 0 Å². The summed E-state index contributed by atoms with van der Waals surface area (Å²) in [5.74, 6) is 2.28. The number of nitrogens with one attached hydrogen (secondary N) is 1. The lowest BCUT2D eigenvalue weighted by molar-refractivity contribution is 0.416. The van der Waals surface area contributed by atoms with E-state index < -0.39 is 6.89 Å². The molecule has 3 aromatic rings. The predicted octanol–water partition coefficient (Wildman–Crippen LogP) is 5.15. The fraction of sp³-hybridized carbons (Fsp3) is 0.280. The van der Waals surface area contributed by atoms with Crippen LogP contribution >= 0.6 is 6.89 Å². The molecule has 6 nitrogen and oxygen atoms in total. The summed E-state index contributed by atoms with van der Waals surface area (Å²) in [4.78, 5) is 13.9. The molecule has 0 saturated carbocycles. The van der Waals surface area contributed by atoms with Crippen LogP contribution in [0.2, 0.25) is 0 Å². The van der Waals surface area contributed by atoms with E-state index in [1.54, 1.807) is 7.11 Å². The molecule has 0 atom stereocenters. The van der Waals surface area contributed by atoms with Gasteiger partial charge in [-0.05, 0) is 36.8 Å². The quantitative estimate of drug-likeness (QED) is 0.251. The third-order valence-electron chi connectivity index (χ3n) is 5.93. The molecule has 1 N–H and O–H groups in total. The number of hydrogen-bond acceptors (Lipinski definition) is 6. The topological polar surface area (TPSA) is 53.3 Å². The standard InChI is InChI=1S/C25H29N5OP/c1-31-22-16-18(29-14-8-5-9-15-29)12-13-19(22)27-25-26-17-21-24(28-25)30(21)20-10-6-7-11-23(20)32(2,3)4/h5-7,10-13,16-17H,2,8-9,14-15H2,1,3-4H3,(H,26,27,28)/q+1. The van der Waals surface area contributed by atoms with Crippen LogP contribution in [0.25, 0.3) is 0 Å². The summed E-state index contributed by atoms with van der Waals surface area (Å²) in [6, 6.07) is 14.7. The molecule has 1 saturated heterocycles. The van der Waals surface area contributed by atoms with Crippen molar-refractivity contribution in [1.29, 1.82) is 0 Å². The van der Waals surface area contributed by atoms with Crippen molar-refractivity contribution in [3.05, 3.63) is 55.1 Å². The second kappa shape index (κ2) is 8.10. The molecule has 2 aliphatic rings. The zero-order chi connectivity index (χ0) is 22.3. The number of rotatable bonds is 6. The van der Waals surface area contributed by atoms with Crippen LogP contribution < -0.4 is 25.2 Å². The van der Waals surface area contributed by atoms with Crippen LogP contribution in [0.3, 0.4) is 0 Å². The Bertz CT molecular complexity index is 1200. The average Bonchev–Trinajstić information content (AvgIpc) is 3.52. The molecule has 0 aliphatic carbocycles. The lowest BCUT2D eigenvalue weighted by Crippen LogP contribution is -2.29. The Morgan fingerprint density at radius 2 is 1.88 bits per heavy atom. The highest BCUT2D eigenvalue weighted by molar-refractivity contribution is 7.79. The number of methoxy groups -OCH3 is 1. The molecule has 0 spiro atoms. The minimum Gasteiger partial charge on any atom is -0.494 e. The van der Waals surface area contributed by atoms with Gasteiger partial charge in [-0.3, -0.25) is 4.90 Å². The van der Waals surface area contributed by atoms with Gasteiger partial charge in [0.25, 0.3) is 0 Å². The number of para-hydroxylation sites is 1. The number of piperidine rings is 1. The van der Waals surface area contributed by atoms with Crippen LogP contribution in [0.5, 0.6) is 5.75 Å². The van der Waals surface area contributed by atoms with Crippen molar-refractivity contribution >= 4 is 53.0 Å². The van der Waals surface area contributed by atoms with Crippen molar-refractivity contribution in [2.24, 2.45) is 0 Å². The molecule has 7 heteroatoms. The lowest BCUT2D eigenvalue weighted by atomic mass is 10.1. The van der Waals surface area contributed by atoms with Gasteiger partial charge in [-0.1, -0.05) is 31.4 Å². The molecule has 2 aliphatic heterocycles. The largest absolute Gasteiger partial charge is 0.494 e. The van der Waals surface area contributed by atoms with Gasteiger partial charge in [-0.25, -0.2) is 4.98 Å². The smallest absolute Gasteiger partial charge is 0.229 e. The monoisotopic (exact) mass is 446 g/mol. The summed E-state index contributed by atoms with van der Waals surface area (Å²) >= 11 is 0. The van der Waals surface area contributed by atoms with Gasteiger partial charge in [0.05, 0.1) is 44.2 Å². The zero-order valence-electron chi connectivity index (χ0n) is 18.9. The zero-order valence-corrected chi connectivity index (χ0v) is 19.8. The number of fused-ring (bicyclic) bond motifs is 1. The minimum absolute atomic E-state index is 0.561. The molecule has 32 heavy (non-hydrogen) atoms. The van der Waals surface area contributed by atoms with Crippen LogP contribution in [0.15, 0.2) is 48.7 Å². The first-order valence-corrected chi connectivity index (χ1v) is 13.8. The number of hydrogen-bond donors (Lipinski definition) is 1. The van der Waals surface area contributed by atoms with Crippen molar-refractivity contribution < 1.29 is 4.74 Å². The molecule has 0 bridgehead atoms. The third-order valence-corrected chi connectivity index (χ3v) is 7.61. The highest BCUT2D eigenvalue weighted by Gasteiger charge is 2.36. The van der Waals surface area contributed by atoms with Gasteiger partial charge >= 0.3 is 0 Å². The number of aromatic nitrogens is 2. The van der Waals surface area contributed by atoms with E-state index in [-0.39, 0.29) is 0 Å². The molecule has 1 fully saturated rings. The Morgan fingerprint density at radius 1 is 1.09 bits per heavy atom. The molecule has 5 rings (SSSR count). The summed E-state index contributed by atoms with van der Waals surface area (Å²) in [5.41, 5.74) is 4.24. The van der Waals surface area contributed by atoms with Crippen molar-refractivity contribution in [2.45, 2.75) is 12.8 Å². The summed E-state index contributed by atoms with van der Waals surface area (Å²) in [6.07, 6.45) is 10.9. The molecular weight excluding hydrogens is 417 g/mol. The molecule has 0 amide bonds. The summed E-state index contributed by atoms with van der Waals surface area (Å²) in [5, 5.41) is 4.63. The van der Waals surface area contributed by atoms with Crippen LogP contribution in [-0.2, 0) is 0 Å². The van der Waals surface area contributed by atoms with E-state index >= 15 is 0 Å². The fourth-order valence-electron chi connectivity index (χ4n) is 4.22. The van der Waals surface area contributed by atoms with Crippen LogP contribution in [-0.4, -0.2) is 49.8 Å². The predicted molar refractivity (Wildman–Crippen MR) is 138 cm³/mol. The Hall–Kier alpha value is -3.11. The molecule has 3 heterocycles. The van der Waals surface area contributed by atoms with E-state index in [2.05, 4.69) is 82.5 Å². The van der Waals surface area contributed by atoms with E-state index in [9.17, 15) is 0 Å². The number of anilines is 6. The fourth-order valence-corrected chi connectivity index (χ4v) is 5.51. The van der Waals surface area contributed by atoms with Gasteiger partial charge in [0.2, 0.25) is 5.95 Å². The average molecular weight is 447 g/mol. The highest BCUT2D eigenvalue weighted by atomic mass is 31.2. The van der Waals surface area contributed by atoms with Gasteiger partial charge in [-0.15, -0.1) is 0 Å². The van der Waals surface area contributed by atoms with Crippen molar-refractivity contribution in [1.82, 2.24) is 9.97 Å². The third kappa shape index (κ3) is 3.91. The van der Waals surface area contributed by atoms with Gasteiger partial charge in [0.1, 0.15) is 24.3 Å². The molecular formula is C25H29N5OP+.